The zero-order chi connectivity index (χ0) is 32.4. The summed E-state index contributed by atoms with van der Waals surface area (Å²) in [6.07, 6.45) is -5.44. The van der Waals surface area contributed by atoms with Crippen molar-refractivity contribution in [1.82, 2.24) is 0 Å². The SMILES string of the molecule is O=C(O)C(F)(F)C1(Cl)O[C@H](COCc2ccccc2)[C@@H](OCc2ccccc2)[C@H](OCc2ccccc2)[C@H]1OCc1ccccc1. The Kier molecular flexibility index (Phi) is 11.5. The maximum atomic E-state index is 15.8. The molecule has 46 heavy (non-hydrogen) atoms. The molecule has 0 amide bonds. The largest absolute Gasteiger partial charge is 0.477 e. The van der Waals surface area contributed by atoms with Crippen LogP contribution in [0.2, 0.25) is 0 Å². The summed E-state index contributed by atoms with van der Waals surface area (Å²) in [5, 5.41) is 6.52. The fraction of sp³-hybridized carbons (Fsp3) is 0.306. The standard InChI is InChI=1S/C36H35ClF2O7/c37-35(36(38,39)34(40)41)33(45-24-29-19-11-4-12-20-29)32(44-23-28-17-9-3-10-18-28)31(43-22-27-15-7-2-8-16-27)30(46-35)25-42-21-26-13-5-1-6-14-26/h1-20,30-33H,21-25H2,(H,40,41)/t30-,31-,32+,33-,35?/m1/s1. The lowest BCUT2D eigenvalue weighted by Crippen LogP contribution is -2.71. The number of halogens is 3. The van der Waals surface area contributed by atoms with Crippen molar-refractivity contribution >= 4 is 17.6 Å². The third kappa shape index (κ3) is 8.17. The van der Waals surface area contributed by atoms with Crippen molar-refractivity contribution in [2.45, 2.75) is 61.8 Å². The van der Waals surface area contributed by atoms with Crippen LogP contribution in [-0.4, -0.2) is 53.1 Å². The number of rotatable bonds is 15. The Hall–Kier alpha value is -3.70. The molecule has 0 saturated carbocycles. The van der Waals surface area contributed by atoms with Crippen LogP contribution in [0.5, 0.6) is 0 Å². The Morgan fingerprint density at radius 3 is 1.50 bits per heavy atom. The van der Waals surface area contributed by atoms with Crippen molar-refractivity contribution < 1.29 is 42.4 Å². The molecule has 1 heterocycles. The second-order valence-corrected chi connectivity index (χ2v) is 11.5. The van der Waals surface area contributed by atoms with Gasteiger partial charge in [0.15, 0.2) is 0 Å². The highest BCUT2D eigenvalue weighted by Crippen LogP contribution is 2.48. The van der Waals surface area contributed by atoms with Gasteiger partial charge in [-0.05, 0) is 22.3 Å². The Bertz CT molecular complexity index is 1500. The molecule has 5 rings (SSSR count). The highest BCUT2D eigenvalue weighted by atomic mass is 35.5. The van der Waals surface area contributed by atoms with Crippen LogP contribution in [0.4, 0.5) is 8.78 Å². The van der Waals surface area contributed by atoms with E-state index in [1.54, 1.807) is 30.3 Å². The number of benzene rings is 4. The number of carbonyl (C=O) groups is 1. The monoisotopic (exact) mass is 652 g/mol. The smallest absolute Gasteiger partial charge is 0.387 e. The Morgan fingerprint density at radius 2 is 1.07 bits per heavy atom. The van der Waals surface area contributed by atoms with Crippen LogP contribution in [0.3, 0.4) is 0 Å². The first-order valence-corrected chi connectivity index (χ1v) is 15.2. The number of carboxylic acid groups (broad SMARTS) is 1. The predicted octanol–water partition coefficient (Wildman–Crippen LogP) is 7.01. The maximum Gasteiger partial charge on any atom is 0.387 e. The summed E-state index contributed by atoms with van der Waals surface area (Å²) in [5.41, 5.74) is 3.05. The molecule has 1 unspecified atom stereocenters. The molecule has 10 heteroatoms. The summed E-state index contributed by atoms with van der Waals surface area (Å²) in [5.74, 6) is -7.07. The number of aliphatic carboxylic acids is 1. The molecule has 7 nitrogen and oxygen atoms in total. The third-order valence-corrected chi connectivity index (χ3v) is 8.15. The molecule has 0 bridgehead atoms. The van der Waals surface area contributed by atoms with Crippen LogP contribution in [0.15, 0.2) is 121 Å². The average molecular weight is 653 g/mol. The van der Waals surface area contributed by atoms with E-state index in [0.717, 1.165) is 16.7 Å². The van der Waals surface area contributed by atoms with Gasteiger partial charge >= 0.3 is 11.9 Å². The molecule has 5 atom stereocenters. The maximum absolute atomic E-state index is 15.8. The van der Waals surface area contributed by atoms with E-state index in [-0.39, 0.29) is 33.0 Å². The summed E-state index contributed by atoms with van der Waals surface area (Å²) in [6, 6.07) is 36.5. The van der Waals surface area contributed by atoms with E-state index >= 15 is 8.78 Å². The van der Waals surface area contributed by atoms with E-state index in [1.165, 1.54) is 0 Å². The number of ether oxygens (including phenoxy) is 5. The van der Waals surface area contributed by atoms with E-state index in [9.17, 15) is 9.90 Å². The molecule has 0 aliphatic carbocycles. The molecule has 1 aliphatic rings. The summed E-state index contributed by atoms with van der Waals surface area (Å²) in [4.78, 5) is 12.1. The van der Waals surface area contributed by atoms with Gasteiger partial charge in [-0.15, -0.1) is 0 Å². The summed E-state index contributed by atoms with van der Waals surface area (Å²) in [6.45, 7) is -0.240. The normalized spacial score (nSPS) is 23.2. The Labute approximate surface area is 271 Å². The number of carboxylic acids is 1. The van der Waals surface area contributed by atoms with Crippen molar-refractivity contribution in [3.05, 3.63) is 144 Å². The fourth-order valence-electron chi connectivity index (χ4n) is 5.22. The Morgan fingerprint density at radius 1 is 0.674 bits per heavy atom. The van der Waals surface area contributed by atoms with Crippen LogP contribution in [0.1, 0.15) is 22.3 Å². The molecule has 242 valence electrons. The summed E-state index contributed by atoms with van der Waals surface area (Å²) >= 11 is 6.67. The van der Waals surface area contributed by atoms with Gasteiger partial charge in [-0.1, -0.05) is 133 Å². The van der Waals surface area contributed by atoms with Crippen molar-refractivity contribution in [1.29, 1.82) is 0 Å². The minimum Gasteiger partial charge on any atom is -0.477 e. The van der Waals surface area contributed by atoms with E-state index in [2.05, 4.69) is 0 Å². The van der Waals surface area contributed by atoms with Crippen molar-refractivity contribution in [2.75, 3.05) is 6.61 Å². The van der Waals surface area contributed by atoms with Crippen LogP contribution in [0, 0.1) is 0 Å². The van der Waals surface area contributed by atoms with E-state index in [0.29, 0.717) is 5.56 Å². The van der Waals surface area contributed by atoms with Gasteiger partial charge in [0.2, 0.25) is 5.06 Å². The zero-order valence-electron chi connectivity index (χ0n) is 24.9. The molecule has 0 spiro atoms. The highest BCUT2D eigenvalue weighted by molar-refractivity contribution is 6.26. The van der Waals surface area contributed by atoms with Gasteiger partial charge in [0.1, 0.15) is 24.4 Å². The van der Waals surface area contributed by atoms with Crippen molar-refractivity contribution in [3.63, 3.8) is 0 Å². The van der Waals surface area contributed by atoms with Gasteiger partial charge < -0.3 is 28.8 Å². The second kappa shape index (κ2) is 15.7. The van der Waals surface area contributed by atoms with Crippen LogP contribution >= 0.6 is 11.6 Å². The topological polar surface area (TPSA) is 83.5 Å². The minimum atomic E-state index is -4.60. The molecule has 4 aromatic rings. The quantitative estimate of drug-likeness (QED) is 0.138. The summed E-state index contributed by atoms with van der Waals surface area (Å²) in [7, 11) is 0. The van der Waals surface area contributed by atoms with Crippen molar-refractivity contribution in [3.8, 4) is 0 Å². The molecule has 1 aliphatic heterocycles. The average Bonchev–Trinajstić information content (AvgIpc) is 3.08. The van der Waals surface area contributed by atoms with E-state index in [1.807, 2.05) is 91.0 Å². The van der Waals surface area contributed by atoms with E-state index < -0.39 is 41.4 Å². The molecule has 0 radical (unpaired) electrons. The molecular formula is C36H35ClF2O7. The number of hydrogen-bond donors (Lipinski definition) is 1. The molecular weight excluding hydrogens is 618 g/mol. The fourth-order valence-corrected chi connectivity index (χ4v) is 5.61. The zero-order valence-corrected chi connectivity index (χ0v) is 25.7. The minimum absolute atomic E-state index is 0.0227. The lowest BCUT2D eigenvalue weighted by atomic mass is 9.90. The molecule has 4 aromatic carbocycles. The first kappa shape index (κ1) is 33.7. The number of alkyl halides is 3. The molecule has 1 saturated heterocycles. The van der Waals surface area contributed by atoms with Gasteiger partial charge in [-0.3, -0.25) is 0 Å². The molecule has 1 fully saturated rings. The highest BCUT2D eigenvalue weighted by Gasteiger charge is 2.71. The van der Waals surface area contributed by atoms with Gasteiger partial charge in [0.25, 0.3) is 0 Å². The van der Waals surface area contributed by atoms with Crippen LogP contribution < -0.4 is 0 Å². The van der Waals surface area contributed by atoms with Crippen LogP contribution in [0.25, 0.3) is 0 Å². The van der Waals surface area contributed by atoms with Gasteiger partial charge in [-0.25, -0.2) is 4.79 Å². The second-order valence-electron chi connectivity index (χ2n) is 10.9. The third-order valence-electron chi connectivity index (χ3n) is 7.61. The first-order valence-electron chi connectivity index (χ1n) is 14.8. The molecule has 1 N–H and O–H groups in total. The lowest BCUT2D eigenvalue weighted by Gasteiger charge is -2.51. The number of hydrogen-bond acceptors (Lipinski definition) is 6. The van der Waals surface area contributed by atoms with Crippen LogP contribution in [-0.2, 0) is 54.9 Å². The predicted molar refractivity (Wildman–Crippen MR) is 167 cm³/mol. The van der Waals surface area contributed by atoms with Crippen molar-refractivity contribution in [2.24, 2.45) is 0 Å². The van der Waals surface area contributed by atoms with Gasteiger partial charge in [0.05, 0.1) is 33.0 Å². The van der Waals surface area contributed by atoms with Gasteiger partial charge in [-0.2, -0.15) is 8.78 Å². The van der Waals surface area contributed by atoms with E-state index in [4.69, 9.17) is 35.3 Å². The van der Waals surface area contributed by atoms with Gasteiger partial charge in [0, 0.05) is 0 Å². The lowest BCUT2D eigenvalue weighted by molar-refractivity contribution is -0.323. The first-order chi connectivity index (χ1) is 22.3. The summed E-state index contributed by atoms with van der Waals surface area (Å²) < 4.78 is 62.2. The Balaban J connectivity index is 1.52. The molecule has 0 aromatic heterocycles.